The van der Waals surface area contributed by atoms with Crippen LogP contribution in [0.15, 0.2) is 0 Å². The summed E-state index contributed by atoms with van der Waals surface area (Å²) in [6, 6.07) is -0.477. The van der Waals surface area contributed by atoms with Gasteiger partial charge in [-0.25, -0.2) is 4.79 Å². The molecule has 3 fully saturated rings. The molecule has 0 aromatic rings. The summed E-state index contributed by atoms with van der Waals surface area (Å²) in [5.74, 6) is 0.557. The number of nitrogens with zero attached hydrogens (tertiary/aromatic N) is 2. The lowest BCUT2D eigenvalue weighted by atomic mass is 9.82. The Morgan fingerprint density at radius 3 is 2.67 bits per heavy atom. The van der Waals surface area contributed by atoms with Crippen LogP contribution in [0.5, 0.6) is 0 Å². The lowest BCUT2D eigenvalue weighted by molar-refractivity contribution is -0.140. The van der Waals surface area contributed by atoms with Gasteiger partial charge >= 0.3 is 6.03 Å². The van der Waals surface area contributed by atoms with Crippen molar-refractivity contribution >= 4 is 28.6 Å². The van der Waals surface area contributed by atoms with Crippen molar-refractivity contribution in [1.82, 2.24) is 15.1 Å². The quantitative estimate of drug-likeness (QED) is 0.735. The molecule has 24 heavy (non-hydrogen) atoms. The van der Waals surface area contributed by atoms with Gasteiger partial charge in [0.05, 0.1) is 0 Å². The van der Waals surface area contributed by atoms with Gasteiger partial charge in [-0.2, -0.15) is 0 Å². The van der Waals surface area contributed by atoms with Crippen molar-refractivity contribution < 1.29 is 18.6 Å². The highest BCUT2D eigenvalue weighted by Gasteiger charge is 2.51. The Morgan fingerprint density at radius 1 is 1.25 bits per heavy atom. The Balaban J connectivity index is 1.68. The Morgan fingerprint density at radius 2 is 1.96 bits per heavy atom. The molecule has 0 aromatic carbocycles. The van der Waals surface area contributed by atoms with Crippen molar-refractivity contribution in [1.29, 1.82) is 0 Å². The van der Waals surface area contributed by atoms with E-state index in [4.69, 9.17) is 0 Å². The van der Waals surface area contributed by atoms with Crippen LogP contribution < -0.4 is 5.32 Å². The molecule has 2 saturated heterocycles. The fourth-order valence-corrected chi connectivity index (χ4v) is 5.10. The second-order valence-electron chi connectivity index (χ2n) is 7.04. The number of hydrogen-bond acceptors (Lipinski definition) is 4. The van der Waals surface area contributed by atoms with E-state index >= 15 is 0 Å². The molecule has 1 N–H and O–H groups in total. The van der Waals surface area contributed by atoms with Crippen LogP contribution in [0.4, 0.5) is 4.79 Å². The minimum Gasteiger partial charge on any atom is -0.337 e. The van der Waals surface area contributed by atoms with Gasteiger partial charge in [0, 0.05) is 34.9 Å². The average molecular weight is 355 g/mol. The Bertz CT molecular complexity index is 574. The zero-order valence-electron chi connectivity index (χ0n) is 14.1. The molecule has 2 atom stereocenters. The van der Waals surface area contributed by atoms with Crippen molar-refractivity contribution in [2.45, 2.75) is 57.0 Å². The second kappa shape index (κ2) is 6.82. The van der Waals surface area contributed by atoms with Gasteiger partial charge in [0.2, 0.25) is 5.91 Å². The van der Waals surface area contributed by atoms with Crippen LogP contribution in [0.25, 0.3) is 0 Å². The summed E-state index contributed by atoms with van der Waals surface area (Å²) in [5.41, 5.74) is -0.790. The smallest absolute Gasteiger partial charge is 0.325 e. The summed E-state index contributed by atoms with van der Waals surface area (Å²) in [6.07, 6.45) is 4.91. The molecule has 4 amide bonds. The van der Waals surface area contributed by atoms with E-state index in [1.165, 1.54) is 0 Å². The van der Waals surface area contributed by atoms with Gasteiger partial charge in [-0.05, 0) is 26.2 Å². The first-order valence-corrected chi connectivity index (χ1v) is 10.2. The maximum Gasteiger partial charge on any atom is 0.325 e. The van der Waals surface area contributed by atoms with Crippen molar-refractivity contribution in [3.8, 4) is 0 Å². The molecule has 134 valence electrons. The summed E-state index contributed by atoms with van der Waals surface area (Å²) < 4.78 is 11.7. The fraction of sp³-hybridized carbons (Fsp3) is 0.812. The molecule has 1 spiro atoms. The first-order valence-electron chi connectivity index (χ1n) is 8.71. The standard InChI is InChI=1S/C16H25N3O4S/c1-12-5-9-24(23)10-8-18(12)13(20)11-19-14(21)16(17-15(19)22)6-3-2-4-7-16/h12H,2-11H2,1H3,(H,17,22)/t12-,24+/m1/s1. The van der Waals surface area contributed by atoms with Crippen LogP contribution in [0.1, 0.15) is 45.4 Å². The van der Waals surface area contributed by atoms with Crippen LogP contribution in [-0.4, -0.2) is 68.0 Å². The molecular formula is C16H25N3O4S. The van der Waals surface area contributed by atoms with Crippen molar-refractivity contribution in [2.24, 2.45) is 0 Å². The van der Waals surface area contributed by atoms with Crippen LogP contribution in [0.2, 0.25) is 0 Å². The van der Waals surface area contributed by atoms with E-state index in [0.29, 0.717) is 37.3 Å². The first kappa shape index (κ1) is 17.4. The molecule has 3 rings (SSSR count). The maximum atomic E-state index is 12.7. The number of carbonyl (C=O) groups excluding carboxylic acids is 3. The monoisotopic (exact) mass is 355 g/mol. The summed E-state index contributed by atoms with van der Waals surface area (Å²) in [4.78, 5) is 40.4. The molecule has 1 aliphatic carbocycles. The van der Waals surface area contributed by atoms with Gasteiger partial charge in [-0.15, -0.1) is 0 Å². The second-order valence-corrected chi connectivity index (χ2v) is 8.73. The van der Waals surface area contributed by atoms with E-state index in [1.54, 1.807) is 4.90 Å². The Labute approximate surface area is 144 Å². The van der Waals surface area contributed by atoms with Gasteiger partial charge in [-0.1, -0.05) is 19.3 Å². The molecule has 2 aliphatic heterocycles. The predicted octanol–water partition coefficient (Wildman–Crippen LogP) is 0.611. The van der Waals surface area contributed by atoms with Gasteiger partial charge in [-0.3, -0.25) is 18.7 Å². The highest BCUT2D eigenvalue weighted by molar-refractivity contribution is 7.85. The number of amides is 4. The number of imide groups is 1. The zero-order valence-corrected chi connectivity index (χ0v) is 14.9. The molecular weight excluding hydrogens is 330 g/mol. The summed E-state index contributed by atoms with van der Waals surface area (Å²) >= 11 is 0. The topological polar surface area (TPSA) is 86.8 Å². The van der Waals surface area contributed by atoms with Crippen LogP contribution in [0, 0.1) is 0 Å². The van der Waals surface area contributed by atoms with Crippen LogP contribution in [0.3, 0.4) is 0 Å². The third-order valence-electron chi connectivity index (χ3n) is 5.42. The molecule has 1 saturated carbocycles. The highest BCUT2D eigenvalue weighted by atomic mass is 32.2. The zero-order chi connectivity index (χ0) is 17.3. The summed E-state index contributed by atoms with van der Waals surface area (Å²) in [7, 11) is -0.896. The first-order chi connectivity index (χ1) is 11.4. The third kappa shape index (κ3) is 3.20. The lowest BCUT2D eigenvalue weighted by Crippen LogP contribution is -2.50. The van der Waals surface area contributed by atoms with Gasteiger partial charge < -0.3 is 10.2 Å². The molecule has 0 unspecified atom stereocenters. The fourth-order valence-electron chi connectivity index (χ4n) is 3.89. The molecule has 0 radical (unpaired) electrons. The van der Waals surface area contributed by atoms with Crippen LogP contribution >= 0.6 is 0 Å². The SMILES string of the molecule is C[C@@H]1CC[S@](=O)CCN1C(=O)CN1C(=O)NC2(CCCCC2)C1=O. The van der Waals surface area contributed by atoms with Gasteiger partial charge in [0.15, 0.2) is 0 Å². The molecule has 8 heteroatoms. The number of carbonyl (C=O) groups is 3. The van der Waals surface area contributed by atoms with E-state index in [-0.39, 0.29) is 24.4 Å². The largest absolute Gasteiger partial charge is 0.337 e. The molecule has 7 nitrogen and oxygen atoms in total. The molecule has 2 heterocycles. The van der Waals surface area contributed by atoms with E-state index in [2.05, 4.69) is 5.32 Å². The lowest BCUT2D eigenvalue weighted by Gasteiger charge is -2.31. The van der Waals surface area contributed by atoms with E-state index in [9.17, 15) is 18.6 Å². The maximum absolute atomic E-state index is 12.7. The number of rotatable bonds is 2. The van der Waals surface area contributed by atoms with E-state index in [0.717, 1.165) is 24.2 Å². The third-order valence-corrected chi connectivity index (χ3v) is 6.75. The number of hydrogen-bond donors (Lipinski definition) is 1. The average Bonchev–Trinajstić information content (AvgIpc) is 2.69. The Kier molecular flexibility index (Phi) is 4.94. The highest BCUT2D eigenvalue weighted by Crippen LogP contribution is 2.33. The van der Waals surface area contributed by atoms with Gasteiger partial charge in [0.1, 0.15) is 12.1 Å². The van der Waals surface area contributed by atoms with E-state index in [1.807, 2.05) is 6.92 Å². The minimum atomic E-state index is -0.896. The normalized spacial score (nSPS) is 30.4. The summed E-state index contributed by atoms with van der Waals surface area (Å²) in [5, 5.41) is 2.83. The number of nitrogens with one attached hydrogen (secondary N) is 1. The van der Waals surface area contributed by atoms with Crippen molar-refractivity contribution in [3.05, 3.63) is 0 Å². The molecule has 0 aromatic heterocycles. The van der Waals surface area contributed by atoms with Crippen molar-refractivity contribution in [3.63, 3.8) is 0 Å². The number of urea groups is 1. The van der Waals surface area contributed by atoms with Gasteiger partial charge in [0.25, 0.3) is 5.91 Å². The summed E-state index contributed by atoms with van der Waals surface area (Å²) in [6.45, 7) is 2.12. The van der Waals surface area contributed by atoms with Crippen LogP contribution in [-0.2, 0) is 20.4 Å². The van der Waals surface area contributed by atoms with E-state index < -0.39 is 22.4 Å². The molecule has 3 aliphatic rings. The van der Waals surface area contributed by atoms with Crippen molar-refractivity contribution in [2.75, 3.05) is 24.6 Å². The molecule has 0 bridgehead atoms. The Hall–Kier alpha value is -1.44. The predicted molar refractivity (Wildman–Crippen MR) is 89.7 cm³/mol. The minimum absolute atomic E-state index is 0.0200.